The Labute approximate surface area is 208 Å². The van der Waals surface area contributed by atoms with Crippen molar-refractivity contribution < 1.29 is 19.1 Å². The van der Waals surface area contributed by atoms with Crippen LogP contribution in [0.1, 0.15) is 34.9 Å². The molecule has 3 heterocycles. The number of pyridine rings is 1. The molecule has 0 saturated carbocycles. The number of carbonyl (C=O) groups is 3. The molecule has 3 amide bonds. The van der Waals surface area contributed by atoms with E-state index in [2.05, 4.69) is 29.4 Å². The van der Waals surface area contributed by atoms with Gasteiger partial charge in [-0.2, -0.15) is 0 Å². The Bertz CT molecular complexity index is 1300. The van der Waals surface area contributed by atoms with Crippen molar-refractivity contribution in [3.8, 4) is 0 Å². The van der Waals surface area contributed by atoms with Crippen LogP contribution in [0.2, 0.25) is 0 Å². The molecule has 0 saturated heterocycles. The quantitative estimate of drug-likeness (QED) is 0.367. The van der Waals surface area contributed by atoms with Gasteiger partial charge in [-0.3, -0.25) is 14.9 Å². The van der Waals surface area contributed by atoms with Gasteiger partial charge in [0.1, 0.15) is 5.82 Å². The van der Waals surface area contributed by atoms with Gasteiger partial charge in [0, 0.05) is 41.0 Å². The van der Waals surface area contributed by atoms with E-state index >= 15 is 0 Å². The molecule has 0 unspecified atom stereocenters. The maximum absolute atomic E-state index is 12.7. The zero-order valence-electron chi connectivity index (χ0n) is 20.0. The lowest BCUT2D eigenvalue weighted by Gasteiger charge is -2.28. The summed E-state index contributed by atoms with van der Waals surface area (Å²) in [5, 5.41) is 3.97. The van der Waals surface area contributed by atoms with E-state index in [9.17, 15) is 14.4 Å². The second kappa shape index (κ2) is 10.7. The number of anilines is 1. The third-order valence-electron chi connectivity index (χ3n) is 5.87. The van der Waals surface area contributed by atoms with Crippen molar-refractivity contribution >= 4 is 51.2 Å². The van der Waals surface area contributed by atoms with Crippen molar-refractivity contribution in [1.29, 1.82) is 0 Å². The number of likely N-dealkylation sites (N-methyl/N-ethyl adjacent to an activating group) is 1. The van der Waals surface area contributed by atoms with Crippen LogP contribution >= 0.6 is 11.3 Å². The van der Waals surface area contributed by atoms with E-state index in [1.165, 1.54) is 26.6 Å². The topological polar surface area (TPSA) is 91.8 Å². The molecule has 2 aromatic heterocycles. The highest BCUT2D eigenvalue weighted by molar-refractivity contribution is 7.19. The molecule has 0 spiro atoms. The summed E-state index contributed by atoms with van der Waals surface area (Å²) in [7, 11) is 1.79. The number of carbonyl (C=O) groups excluding carboxylic acids is 3. The maximum Gasteiger partial charge on any atom is 0.323 e. The van der Waals surface area contributed by atoms with Crippen molar-refractivity contribution in [2.45, 2.75) is 33.4 Å². The first-order valence-electron chi connectivity index (χ1n) is 11.5. The summed E-state index contributed by atoms with van der Waals surface area (Å²) >= 11 is 1.71. The first kappa shape index (κ1) is 24.4. The molecular weight excluding hydrogens is 464 g/mol. The van der Waals surface area contributed by atoms with Gasteiger partial charge in [0.15, 0.2) is 0 Å². The fraction of sp³-hybridized carbons (Fsp3) is 0.308. The van der Waals surface area contributed by atoms with Gasteiger partial charge >= 0.3 is 12.0 Å². The maximum atomic E-state index is 12.7. The Kier molecular flexibility index (Phi) is 7.45. The van der Waals surface area contributed by atoms with E-state index in [-0.39, 0.29) is 30.9 Å². The van der Waals surface area contributed by atoms with Crippen molar-refractivity contribution in [2.75, 3.05) is 25.5 Å². The average Bonchev–Trinajstić information content (AvgIpc) is 3.16. The fourth-order valence-corrected chi connectivity index (χ4v) is 5.18. The number of nitrogens with zero attached hydrogens (tertiary/aromatic N) is 3. The van der Waals surface area contributed by atoms with Crippen LogP contribution in [-0.4, -0.2) is 52.9 Å². The van der Waals surface area contributed by atoms with E-state index in [0.29, 0.717) is 25.5 Å². The first-order valence-corrected chi connectivity index (χ1v) is 12.3. The predicted octanol–water partition coefficient (Wildman–Crippen LogP) is 4.58. The smallest absolute Gasteiger partial charge is 0.323 e. The summed E-state index contributed by atoms with van der Waals surface area (Å²) in [6.45, 7) is 5.27. The zero-order valence-corrected chi connectivity index (χ0v) is 20.9. The van der Waals surface area contributed by atoms with E-state index in [0.717, 1.165) is 11.1 Å². The van der Waals surface area contributed by atoms with E-state index < -0.39 is 0 Å². The van der Waals surface area contributed by atoms with Gasteiger partial charge in [-0.05, 0) is 48.6 Å². The number of nitrogens with one attached hydrogen (secondary N) is 1. The van der Waals surface area contributed by atoms with Gasteiger partial charge in [-0.25, -0.2) is 9.78 Å². The van der Waals surface area contributed by atoms with Gasteiger partial charge < -0.3 is 14.5 Å². The number of hydrogen-bond acceptors (Lipinski definition) is 6. The Morgan fingerprint density at radius 2 is 2.11 bits per heavy atom. The van der Waals surface area contributed by atoms with E-state index in [4.69, 9.17) is 4.74 Å². The Morgan fingerprint density at radius 3 is 2.89 bits per heavy atom. The molecule has 8 nitrogen and oxygen atoms in total. The molecule has 1 aromatic carbocycles. The van der Waals surface area contributed by atoms with Gasteiger partial charge in [0.25, 0.3) is 0 Å². The lowest BCUT2D eigenvalue weighted by Crippen LogP contribution is -2.40. The molecule has 0 radical (unpaired) electrons. The number of urea groups is 1. The van der Waals surface area contributed by atoms with Crippen LogP contribution in [-0.2, 0) is 27.4 Å². The van der Waals surface area contributed by atoms with E-state index in [1.807, 2.05) is 18.2 Å². The summed E-state index contributed by atoms with van der Waals surface area (Å²) in [4.78, 5) is 45.4. The van der Waals surface area contributed by atoms with Crippen LogP contribution in [0.4, 0.5) is 10.6 Å². The highest BCUT2D eigenvalue weighted by atomic mass is 32.1. The van der Waals surface area contributed by atoms with Crippen molar-refractivity contribution in [3.63, 3.8) is 0 Å². The first-order chi connectivity index (χ1) is 16.9. The Balaban J connectivity index is 1.39. The molecular formula is C26H28N4O4S. The molecule has 182 valence electrons. The number of esters is 1. The Morgan fingerprint density at radius 1 is 1.31 bits per heavy atom. The highest BCUT2D eigenvalue weighted by Crippen LogP contribution is 2.31. The largest absolute Gasteiger partial charge is 0.466 e. The summed E-state index contributed by atoms with van der Waals surface area (Å²) < 4.78 is 6.16. The van der Waals surface area contributed by atoms with Gasteiger partial charge in [0.05, 0.1) is 26.1 Å². The summed E-state index contributed by atoms with van der Waals surface area (Å²) in [6.07, 6.45) is 5.01. The normalized spacial score (nSPS) is 13.1. The molecule has 0 bridgehead atoms. The lowest BCUT2D eigenvalue weighted by atomic mass is 10.1. The Hall–Kier alpha value is -3.72. The molecule has 35 heavy (non-hydrogen) atoms. The number of amides is 3. The average molecular weight is 493 g/mol. The second-order valence-corrected chi connectivity index (χ2v) is 9.49. The molecule has 4 rings (SSSR count). The minimum absolute atomic E-state index is 0.107. The summed E-state index contributed by atoms with van der Waals surface area (Å²) in [5.41, 5.74) is 2.78. The molecule has 9 heteroatoms. The van der Waals surface area contributed by atoms with Crippen LogP contribution in [0.25, 0.3) is 16.2 Å². The molecule has 0 aliphatic carbocycles. The van der Waals surface area contributed by atoms with Crippen molar-refractivity contribution in [3.05, 3.63) is 64.2 Å². The van der Waals surface area contributed by atoms with Crippen LogP contribution in [0, 0.1) is 6.92 Å². The lowest BCUT2D eigenvalue weighted by molar-refractivity contribution is -0.143. The number of thiophene rings is 1. The third-order valence-corrected chi connectivity index (χ3v) is 7.13. The van der Waals surface area contributed by atoms with Crippen LogP contribution < -0.4 is 5.32 Å². The van der Waals surface area contributed by atoms with Crippen molar-refractivity contribution in [2.24, 2.45) is 0 Å². The van der Waals surface area contributed by atoms with Gasteiger partial charge in [-0.1, -0.05) is 18.2 Å². The zero-order chi connectivity index (χ0) is 24.9. The van der Waals surface area contributed by atoms with Crippen LogP contribution in [0.3, 0.4) is 0 Å². The molecule has 1 N–H and O–H groups in total. The van der Waals surface area contributed by atoms with Crippen LogP contribution in [0.15, 0.2) is 42.6 Å². The van der Waals surface area contributed by atoms with E-state index in [1.54, 1.807) is 47.4 Å². The molecule has 3 aromatic rings. The monoisotopic (exact) mass is 492 g/mol. The number of fused-ring (bicyclic) bond motifs is 2. The predicted molar refractivity (Wildman–Crippen MR) is 137 cm³/mol. The minimum atomic E-state index is -0.339. The second-order valence-electron chi connectivity index (χ2n) is 8.36. The standard InChI is InChI=1S/C26H28N4O4S/c1-4-34-24(32)11-12-30-15-19-13-18(14-27-25(19)28-26(30)33)9-10-23(31)29(3)16-22-17(2)20-7-5-6-8-21(20)35-22/h5-10,13-14H,4,11-12,15-16H2,1-3H3,(H,27,28,33). The molecule has 0 fully saturated rings. The number of hydrogen-bond donors (Lipinski definition) is 1. The van der Waals surface area contributed by atoms with Gasteiger partial charge in [0.2, 0.25) is 5.91 Å². The molecule has 0 atom stereocenters. The summed E-state index contributed by atoms with van der Waals surface area (Å²) in [5.74, 6) is 0.0431. The fourth-order valence-electron chi connectivity index (χ4n) is 3.91. The number of aryl methyl sites for hydroxylation is 1. The summed E-state index contributed by atoms with van der Waals surface area (Å²) in [6, 6.07) is 9.85. The van der Waals surface area contributed by atoms with Crippen molar-refractivity contribution in [1.82, 2.24) is 14.8 Å². The van der Waals surface area contributed by atoms with Crippen LogP contribution in [0.5, 0.6) is 0 Å². The third kappa shape index (κ3) is 5.68. The number of ether oxygens (including phenoxy) is 1. The molecule has 1 aliphatic rings. The molecule has 1 aliphatic heterocycles. The van der Waals surface area contributed by atoms with Gasteiger partial charge in [-0.15, -0.1) is 11.3 Å². The number of rotatable bonds is 8. The SMILES string of the molecule is CCOC(=O)CCN1Cc2cc(C=CC(=O)N(C)Cc3sc4ccccc4c3C)cnc2NC1=O. The number of benzene rings is 1. The minimum Gasteiger partial charge on any atom is -0.466 e. The number of aromatic nitrogens is 1. The highest BCUT2D eigenvalue weighted by Gasteiger charge is 2.24.